The Bertz CT molecular complexity index is 1750. The molecule has 3 rings (SSSR count). The molecule has 1 unspecified atom stereocenters. The average Bonchev–Trinajstić information content (AvgIpc) is 3.06. The van der Waals surface area contributed by atoms with Crippen LogP contribution in [0.25, 0.3) is 5.70 Å². The first-order valence-electron chi connectivity index (χ1n) is 14.6. The first-order chi connectivity index (χ1) is 22.8. The molecule has 5 N–H and O–H groups in total. The molecule has 48 heavy (non-hydrogen) atoms. The smallest absolute Gasteiger partial charge is 0.366 e. The van der Waals surface area contributed by atoms with Gasteiger partial charge in [0.15, 0.2) is 0 Å². The highest BCUT2D eigenvalue weighted by atomic mass is 19.4. The van der Waals surface area contributed by atoms with Gasteiger partial charge in [0.1, 0.15) is 12.7 Å². The number of hydrogen-bond acceptors (Lipinski definition) is 7. The fraction of sp³-hybridized carbons (Fsp3) is 0.171. The number of carbonyl (C=O) groups excluding carboxylic acids is 3. The van der Waals surface area contributed by atoms with E-state index < -0.39 is 29.6 Å². The first-order valence-corrected chi connectivity index (χ1v) is 14.6. The molecule has 0 saturated carbocycles. The summed E-state index contributed by atoms with van der Waals surface area (Å²) in [7, 11) is 0. The number of aryl methyl sites for hydroxylation is 1. The Morgan fingerprint density at radius 1 is 0.958 bits per heavy atom. The second kappa shape index (κ2) is 17.1. The van der Waals surface area contributed by atoms with Crippen LogP contribution in [-0.4, -0.2) is 43.4 Å². The van der Waals surface area contributed by atoms with Gasteiger partial charge in [0.2, 0.25) is 11.8 Å². The third-order valence-electron chi connectivity index (χ3n) is 6.77. The normalized spacial score (nSPS) is 12.1. The number of anilines is 3. The van der Waals surface area contributed by atoms with E-state index in [1.54, 1.807) is 56.3 Å². The van der Waals surface area contributed by atoms with Gasteiger partial charge < -0.3 is 26.6 Å². The summed E-state index contributed by atoms with van der Waals surface area (Å²) in [4.78, 5) is 45.4. The summed E-state index contributed by atoms with van der Waals surface area (Å²) in [6.07, 6.45) is -0.285. The third-order valence-corrected chi connectivity index (χ3v) is 6.77. The predicted octanol–water partition coefficient (Wildman–Crippen LogP) is 6.53. The summed E-state index contributed by atoms with van der Waals surface area (Å²) in [5.41, 5.74) is 2.47. The molecule has 0 aromatic heterocycles. The number of rotatable bonds is 15. The first kappa shape index (κ1) is 36.5. The topological polar surface area (TPSA) is 136 Å². The Kier molecular flexibility index (Phi) is 13.0. The molecule has 0 spiro atoms. The van der Waals surface area contributed by atoms with Crippen LogP contribution in [0.2, 0.25) is 0 Å². The second-order valence-electron chi connectivity index (χ2n) is 10.3. The number of aliphatic imine (C=N–C) groups is 2. The molecule has 0 bridgehead atoms. The van der Waals surface area contributed by atoms with Crippen molar-refractivity contribution >= 4 is 53.4 Å². The fourth-order valence-electron chi connectivity index (χ4n) is 4.27. The molecular weight excluding hydrogens is 623 g/mol. The number of alkyl halides is 3. The van der Waals surface area contributed by atoms with Crippen molar-refractivity contribution in [2.24, 2.45) is 9.98 Å². The molecule has 1 atom stereocenters. The molecule has 10 nitrogen and oxygen atoms in total. The molecule has 13 heteroatoms. The zero-order valence-electron chi connectivity index (χ0n) is 26.4. The second-order valence-corrected chi connectivity index (χ2v) is 10.3. The molecular formula is C35H36F3N7O3. The SMILES string of the molecule is C=CC(=O)NC(CC)C(=O)Nc1cccc(NCN=C/C(=C\N=C)NC(=O)c2cc(NC(=C)c3cccc(C(F)(F)F)c3)ccc2C)c1. The molecule has 0 saturated heterocycles. The van der Waals surface area contributed by atoms with Crippen LogP contribution in [0.4, 0.5) is 30.2 Å². The number of benzene rings is 3. The Balaban J connectivity index is 1.62. The Morgan fingerprint density at radius 3 is 2.35 bits per heavy atom. The molecule has 0 fully saturated rings. The lowest BCUT2D eigenvalue weighted by molar-refractivity contribution is -0.137. The van der Waals surface area contributed by atoms with Gasteiger partial charge in [-0.05, 0) is 79.7 Å². The molecule has 3 aromatic rings. The largest absolute Gasteiger partial charge is 0.416 e. The van der Waals surface area contributed by atoms with Gasteiger partial charge in [-0.1, -0.05) is 44.3 Å². The van der Waals surface area contributed by atoms with Gasteiger partial charge >= 0.3 is 6.18 Å². The minimum absolute atomic E-state index is 0.102. The lowest BCUT2D eigenvalue weighted by atomic mass is 10.1. The van der Waals surface area contributed by atoms with Crippen LogP contribution in [0.5, 0.6) is 0 Å². The van der Waals surface area contributed by atoms with E-state index >= 15 is 0 Å². The molecule has 250 valence electrons. The summed E-state index contributed by atoms with van der Waals surface area (Å²) < 4.78 is 39.5. The number of halogens is 3. The van der Waals surface area contributed by atoms with Crippen molar-refractivity contribution in [3.63, 3.8) is 0 Å². The average molecular weight is 660 g/mol. The highest BCUT2D eigenvalue weighted by molar-refractivity contribution is 6.01. The van der Waals surface area contributed by atoms with Crippen molar-refractivity contribution in [3.05, 3.63) is 120 Å². The van der Waals surface area contributed by atoms with Crippen molar-refractivity contribution in [2.45, 2.75) is 32.5 Å². The van der Waals surface area contributed by atoms with Crippen LogP contribution in [0.15, 0.2) is 108 Å². The van der Waals surface area contributed by atoms with Crippen LogP contribution >= 0.6 is 0 Å². The van der Waals surface area contributed by atoms with Crippen molar-refractivity contribution in [2.75, 3.05) is 22.6 Å². The van der Waals surface area contributed by atoms with Gasteiger partial charge in [0.25, 0.3) is 5.91 Å². The van der Waals surface area contributed by atoms with E-state index in [9.17, 15) is 27.6 Å². The molecule has 0 radical (unpaired) electrons. The van der Waals surface area contributed by atoms with E-state index in [1.165, 1.54) is 24.5 Å². The van der Waals surface area contributed by atoms with E-state index in [0.717, 1.165) is 18.2 Å². The summed E-state index contributed by atoms with van der Waals surface area (Å²) >= 11 is 0. The summed E-state index contributed by atoms with van der Waals surface area (Å²) in [6, 6.07) is 15.9. The maximum Gasteiger partial charge on any atom is 0.416 e. The number of amides is 3. The number of hydrogen-bond donors (Lipinski definition) is 5. The van der Waals surface area contributed by atoms with Gasteiger partial charge in [-0.3, -0.25) is 24.4 Å². The minimum Gasteiger partial charge on any atom is -0.366 e. The van der Waals surface area contributed by atoms with Gasteiger partial charge in [-0.2, -0.15) is 13.2 Å². The number of nitrogens with zero attached hydrogens (tertiary/aromatic N) is 2. The lowest BCUT2D eigenvalue weighted by Gasteiger charge is -2.16. The van der Waals surface area contributed by atoms with Crippen molar-refractivity contribution in [1.82, 2.24) is 10.6 Å². The van der Waals surface area contributed by atoms with E-state index in [2.05, 4.69) is 56.4 Å². The summed E-state index contributed by atoms with van der Waals surface area (Å²) in [6.45, 7) is 14.3. The third kappa shape index (κ3) is 10.8. The van der Waals surface area contributed by atoms with Gasteiger partial charge in [-0.15, -0.1) is 0 Å². The number of nitrogens with one attached hydrogen (secondary N) is 5. The van der Waals surface area contributed by atoms with Crippen LogP contribution in [-0.2, 0) is 15.8 Å². The quantitative estimate of drug-likeness (QED) is 0.0934. The fourth-order valence-corrected chi connectivity index (χ4v) is 4.27. The maximum atomic E-state index is 13.2. The summed E-state index contributed by atoms with van der Waals surface area (Å²) in [5, 5.41) is 14.1. The zero-order chi connectivity index (χ0) is 35.3. The van der Waals surface area contributed by atoms with Gasteiger partial charge in [-0.25, -0.2) is 0 Å². The maximum absolute atomic E-state index is 13.2. The van der Waals surface area contributed by atoms with E-state index in [1.807, 2.05) is 0 Å². The predicted molar refractivity (Wildman–Crippen MR) is 185 cm³/mol. The monoisotopic (exact) mass is 659 g/mol. The van der Waals surface area contributed by atoms with Crippen molar-refractivity contribution in [1.29, 1.82) is 0 Å². The molecule has 3 aromatic carbocycles. The van der Waals surface area contributed by atoms with Crippen LogP contribution in [0, 0.1) is 6.92 Å². The standard InChI is InChI=1S/C35H36F3N7O3/c1-6-31(45-32(46)7-2)34(48)43-27-13-9-12-26(17-27)41-21-40-20-29(19-39-5)44-33(47)30-18-28(15-14-22(30)3)42-23(4)24-10-8-11-25(16-24)35(36,37)38/h7-20,31,41-42H,2,4-6,21H2,1,3H3,(H,43,48)(H,44,47)(H,45,46)/b29-19+,40-20?. The number of allylic oxidation sites excluding steroid dienone is 1. The lowest BCUT2D eigenvalue weighted by Crippen LogP contribution is -2.42. The van der Waals surface area contributed by atoms with Gasteiger partial charge in [0.05, 0.1) is 17.5 Å². The highest BCUT2D eigenvalue weighted by Gasteiger charge is 2.30. The Morgan fingerprint density at radius 2 is 1.67 bits per heavy atom. The zero-order valence-corrected chi connectivity index (χ0v) is 26.4. The van der Waals surface area contributed by atoms with Crippen molar-refractivity contribution < 1.29 is 27.6 Å². The van der Waals surface area contributed by atoms with E-state index in [0.29, 0.717) is 34.6 Å². The Labute approximate surface area is 276 Å². The van der Waals surface area contributed by atoms with Crippen LogP contribution in [0.3, 0.4) is 0 Å². The molecule has 0 aliphatic carbocycles. The number of carbonyl (C=O) groups is 3. The molecule has 3 amide bonds. The summed E-state index contributed by atoms with van der Waals surface area (Å²) in [5.74, 6) is -1.29. The Hall–Kier alpha value is -5.98. The van der Waals surface area contributed by atoms with Crippen LogP contribution in [0.1, 0.15) is 40.4 Å². The minimum atomic E-state index is -4.49. The van der Waals surface area contributed by atoms with Crippen molar-refractivity contribution in [3.8, 4) is 0 Å². The van der Waals surface area contributed by atoms with Crippen LogP contribution < -0.4 is 26.6 Å². The highest BCUT2D eigenvalue weighted by Crippen LogP contribution is 2.31. The molecule has 0 aliphatic rings. The molecule has 0 heterocycles. The van der Waals surface area contributed by atoms with E-state index in [-0.39, 0.29) is 29.5 Å². The van der Waals surface area contributed by atoms with Gasteiger partial charge in [0, 0.05) is 34.5 Å². The molecule has 0 aliphatic heterocycles. The van der Waals surface area contributed by atoms with E-state index in [4.69, 9.17) is 0 Å².